The summed E-state index contributed by atoms with van der Waals surface area (Å²) in [7, 11) is 0. The van der Waals surface area contributed by atoms with E-state index in [1.54, 1.807) is 23.2 Å². The molecule has 1 fully saturated rings. The van der Waals surface area contributed by atoms with Crippen molar-refractivity contribution in [1.82, 2.24) is 9.88 Å². The summed E-state index contributed by atoms with van der Waals surface area (Å²) in [6, 6.07) is 4.85. The molecule has 3 rings (SSSR count). The average molecular weight is 406 g/mol. The lowest BCUT2D eigenvalue weighted by molar-refractivity contribution is -0.137. The van der Waals surface area contributed by atoms with Crippen molar-refractivity contribution in [3.63, 3.8) is 0 Å². The number of amides is 1. The van der Waals surface area contributed by atoms with E-state index < -0.39 is 17.5 Å². The van der Waals surface area contributed by atoms with Gasteiger partial charge in [0.1, 0.15) is 11.6 Å². The number of aromatic nitrogens is 1. The highest BCUT2D eigenvalue weighted by Crippen LogP contribution is 2.38. The highest BCUT2D eigenvalue weighted by atomic mass is 19.4. The molecule has 1 aliphatic heterocycles. The van der Waals surface area contributed by atoms with Crippen LogP contribution < -0.4 is 5.73 Å². The Kier molecular flexibility index (Phi) is 5.50. The molecule has 1 unspecified atom stereocenters. The van der Waals surface area contributed by atoms with Crippen LogP contribution in [0.15, 0.2) is 29.3 Å². The van der Waals surface area contributed by atoms with Gasteiger partial charge in [0.25, 0.3) is 0 Å². The molecule has 1 aliphatic rings. The fourth-order valence-electron chi connectivity index (χ4n) is 3.33. The molecule has 9 heteroatoms. The standard InChI is InChI=1S/C20H21F3N4O2/c1-11-7-14(20(21,22)23)8-17(29)18(11)16-4-3-13(19(24)26-16)9-25-15-5-6-27(10-15)12(2)28/h3-4,7-9,15,29H,5-6,10H2,1-2H3,(H2,24,26). The number of anilines is 1. The predicted molar refractivity (Wildman–Crippen MR) is 104 cm³/mol. The molecule has 0 aliphatic carbocycles. The second-order valence-electron chi connectivity index (χ2n) is 7.04. The second-order valence-corrected chi connectivity index (χ2v) is 7.04. The number of phenols is 1. The van der Waals surface area contributed by atoms with E-state index in [9.17, 15) is 23.1 Å². The van der Waals surface area contributed by atoms with Crippen molar-refractivity contribution in [2.24, 2.45) is 4.99 Å². The van der Waals surface area contributed by atoms with Gasteiger partial charge in [0.05, 0.1) is 17.3 Å². The Hall–Kier alpha value is -3.10. The number of carbonyl (C=O) groups excluding carboxylic acids is 1. The Morgan fingerprint density at radius 2 is 2.10 bits per heavy atom. The van der Waals surface area contributed by atoms with Gasteiger partial charge in [-0.05, 0) is 43.2 Å². The molecule has 0 radical (unpaired) electrons. The lowest BCUT2D eigenvalue weighted by Gasteiger charge is -2.14. The summed E-state index contributed by atoms with van der Waals surface area (Å²) in [5, 5.41) is 10.1. The van der Waals surface area contributed by atoms with Gasteiger partial charge in [0, 0.05) is 37.4 Å². The van der Waals surface area contributed by atoms with Gasteiger partial charge in [-0.3, -0.25) is 9.79 Å². The number of rotatable bonds is 3. The van der Waals surface area contributed by atoms with Gasteiger partial charge in [-0.15, -0.1) is 0 Å². The van der Waals surface area contributed by atoms with Gasteiger partial charge in [-0.25, -0.2) is 4.98 Å². The fourth-order valence-corrected chi connectivity index (χ4v) is 3.33. The van der Waals surface area contributed by atoms with E-state index in [-0.39, 0.29) is 34.6 Å². The van der Waals surface area contributed by atoms with Crippen LogP contribution in [-0.4, -0.2) is 46.2 Å². The van der Waals surface area contributed by atoms with Crippen LogP contribution in [0, 0.1) is 6.92 Å². The van der Waals surface area contributed by atoms with Crippen LogP contribution in [-0.2, 0) is 11.0 Å². The average Bonchev–Trinajstić information content (AvgIpc) is 3.09. The zero-order valence-corrected chi connectivity index (χ0v) is 16.0. The topological polar surface area (TPSA) is 91.8 Å². The summed E-state index contributed by atoms with van der Waals surface area (Å²) in [6.45, 7) is 4.20. The minimum atomic E-state index is -4.55. The Morgan fingerprint density at radius 3 is 2.66 bits per heavy atom. The molecule has 2 aromatic rings. The molecule has 1 aromatic carbocycles. The first kappa shape index (κ1) is 20.6. The fraction of sp³-hybridized carbons (Fsp3) is 0.350. The Bertz CT molecular complexity index is 950. The van der Waals surface area contributed by atoms with Gasteiger partial charge in [-0.2, -0.15) is 13.2 Å². The third-order valence-corrected chi connectivity index (χ3v) is 4.89. The summed E-state index contributed by atoms with van der Waals surface area (Å²) in [4.78, 5) is 21.8. The maximum Gasteiger partial charge on any atom is 0.416 e. The molecule has 6 nitrogen and oxygen atoms in total. The maximum atomic E-state index is 12.9. The van der Waals surface area contributed by atoms with Gasteiger partial charge in [0.2, 0.25) is 5.91 Å². The van der Waals surface area contributed by atoms with Crippen LogP contribution in [0.3, 0.4) is 0 Å². The number of nitrogens with zero attached hydrogens (tertiary/aromatic N) is 3. The second kappa shape index (κ2) is 7.73. The highest BCUT2D eigenvalue weighted by molar-refractivity contribution is 5.87. The molecule has 0 saturated carbocycles. The largest absolute Gasteiger partial charge is 0.507 e. The van der Waals surface area contributed by atoms with Crippen molar-refractivity contribution in [2.75, 3.05) is 18.8 Å². The first-order valence-electron chi connectivity index (χ1n) is 9.02. The molecule has 0 bridgehead atoms. The van der Waals surface area contributed by atoms with Crippen molar-refractivity contribution >= 4 is 17.9 Å². The van der Waals surface area contributed by atoms with E-state index in [2.05, 4.69) is 9.98 Å². The molecule has 3 N–H and O–H groups in total. The highest BCUT2D eigenvalue weighted by Gasteiger charge is 2.32. The van der Waals surface area contributed by atoms with Gasteiger partial charge < -0.3 is 15.7 Å². The van der Waals surface area contributed by atoms with Crippen LogP contribution in [0.25, 0.3) is 11.3 Å². The monoisotopic (exact) mass is 406 g/mol. The molecular weight excluding hydrogens is 385 g/mol. The SMILES string of the molecule is CC(=O)N1CCC(N=Cc2ccc(-c3c(C)cc(C(F)(F)F)cc3O)nc2N)C1. The molecule has 1 saturated heterocycles. The van der Waals surface area contributed by atoms with E-state index in [0.717, 1.165) is 12.5 Å². The van der Waals surface area contributed by atoms with E-state index >= 15 is 0 Å². The van der Waals surface area contributed by atoms with Gasteiger partial charge in [0.15, 0.2) is 0 Å². The van der Waals surface area contributed by atoms with Crippen LogP contribution in [0.4, 0.5) is 19.0 Å². The lowest BCUT2D eigenvalue weighted by atomic mass is 10.00. The zero-order valence-electron chi connectivity index (χ0n) is 16.0. The number of carbonyl (C=O) groups is 1. The van der Waals surface area contributed by atoms with E-state index in [0.29, 0.717) is 24.7 Å². The molecule has 154 valence electrons. The van der Waals surface area contributed by atoms with Crippen LogP contribution in [0.1, 0.15) is 30.0 Å². The third kappa shape index (κ3) is 4.49. The van der Waals surface area contributed by atoms with Crippen molar-refractivity contribution < 1.29 is 23.1 Å². The number of likely N-dealkylation sites (tertiary alicyclic amines) is 1. The number of phenolic OH excluding ortho intramolecular Hbond substituents is 1. The summed E-state index contributed by atoms with van der Waals surface area (Å²) < 4.78 is 38.7. The van der Waals surface area contributed by atoms with Crippen molar-refractivity contribution in [3.05, 3.63) is 41.0 Å². The minimum absolute atomic E-state index is 0.0138. The Balaban J connectivity index is 1.83. The van der Waals surface area contributed by atoms with Gasteiger partial charge >= 0.3 is 6.18 Å². The number of nitrogens with two attached hydrogens (primary N) is 1. The molecule has 29 heavy (non-hydrogen) atoms. The number of aromatic hydroxyl groups is 1. The lowest BCUT2D eigenvalue weighted by Crippen LogP contribution is -2.26. The quantitative estimate of drug-likeness (QED) is 0.765. The number of halogens is 3. The molecular formula is C20H21F3N4O2. The number of benzene rings is 1. The number of pyridine rings is 1. The molecule has 1 aromatic heterocycles. The number of hydrogen-bond donors (Lipinski definition) is 2. The van der Waals surface area contributed by atoms with Crippen LogP contribution in [0.2, 0.25) is 0 Å². The first-order valence-corrected chi connectivity index (χ1v) is 9.02. The number of alkyl halides is 3. The summed E-state index contributed by atoms with van der Waals surface area (Å²) in [5.41, 5.74) is 6.32. The smallest absolute Gasteiger partial charge is 0.416 e. The maximum absolute atomic E-state index is 12.9. The molecule has 0 spiro atoms. The summed E-state index contributed by atoms with van der Waals surface area (Å²) in [5.74, 6) is -0.354. The third-order valence-electron chi connectivity index (χ3n) is 4.89. The number of aryl methyl sites for hydroxylation is 1. The molecule has 1 amide bonds. The van der Waals surface area contributed by atoms with Crippen LogP contribution in [0.5, 0.6) is 5.75 Å². The van der Waals surface area contributed by atoms with E-state index in [4.69, 9.17) is 5.73 Å². The van der Waals surface area contributed by atoms with Gasteiger partial charge in [-0.1, -0.05) is 0 Å². The number of nitrogen functional groups attached to an aromatic ring is 1. The Morgan fingerprint density at radius 1 is 1.38 bits per heavy atom. The van der Waals surface area contributed by atoms with E-state index in [1.807, 2.05) is 0 Å². The first-order chi connectivity index (χ1) is 13.6. The predicted octanol–water partition coefficient (Wildman–Crippen LogP) is 3.40. The normalized spacial score (nSPS) is 17.3. The van der Waals surface area contributed by atoms with Crippen molar-refractivity contribution in [1.29, 1.82) is 0 Å². The minimum Gasteiger partial charge on any atom is -0.507 e. The number of aliphatic imine (C=N–C) groups is 1. The molecule has 1 atom stereocenters. The Labute approximate surface area is 165 Å². The summed E-state index contributed by atoms with van der Waals surface area (Å²) in [6.07, 6.45) is -2.20. The zero-order chi connectivity index (χ0) is 21.3. The molecule has 2 heterocycles. The van der Waals surface area contributed by atoms with Crippen molar-refractivity contribution in [2.45, 2.75) is 32.5 Å². The van der Waals surface area contributed by atoms with E-state index in [1.165, 1.54) is 13.8 Å². The van der Waals surface area contributed by atoms with Crippen LogP contribution >= 0.6 is 0 Å². The summed E-state index contributed by atoms with van der Waals surface area (Å²) >= 11 is 0. The number of hydrogen-bond acceptors (Lipinski definition) is 5. The van der Waals surface area contributed by atoms with Crippen molar-refractivity contribution in [3.8, 4) is 17.0 Å².